The molecule has 2 heterocycles. The molecular weight excluding hydrogens is 379 g/mol. The maximum atomic E-state index is 13.0. The number of amides is 2. The smallest absolute Gasteiger partial charge is 0.274 e. The number of aromatic nitrogens is 2. The fourth-order valence-corrected chi connectivity index (χ4v) is 3.16. The molecule has 0 saturated carbocycles. The molecule has 1 aromatic heterocycles. The van der Waals surface area contributed by atoms with Gasteiger partial charge in [0.1, 0.15) is 11.5 Å². The zero-order chi connectivity index (χ0) is 20.8. The minimum absolute atomic E-state index is 0.0692. The topological polar surface area (TPSA) is 93.5 Å². The number of nitrogens with zero attached hydrogens (tertiary/aromatic N) is 3. The van der Waals surface area contributed by atoms with Crippen molar-refractivity contribution in [1.29, 1.82) is 0 Å². The van der Waals surface area contributed by atoms with E-state index in [-0.39, 0.29) is 35.7 Å². The van der Waals surface area contributed by atoms with Crippen molar-refractivity contribution in [2.75, 3.05) is 26.8 Å². The van der Waals surface area contributed by atoms with Gasteiger partial charge < -0.3 is 15.0 Å². The summed E-state index contributed by atoms with van der Waals surface area (Å²) in [6.07, 6.45) is 1.20. The van der Waals surface area contributed by atoms with E-state index in [1.54, 1.807) is 4.90 Å². The Morgan fingerprint density at radius 1 is 1.17 bits per heavy atom. The zero-order valence-corrected chi connectivity index (χ0v) is 16.1. The van der Waals surface area contributed by atoms with E-state index in [1.165, 1.54) is 48.2 Å². The third-order valence-electron chi connectivity index (χ3n) is 4.82. The number of piperidine rings is 1. The predicted octanol–water partition coefficient (Wildman–Crippen LogP) is 1.06. The van der Waals surface area contributed by atoms with E-state index < -0.39 is 5.82 Å². The van der Waals surface area contributed by atoms with Crippen LogP contribution in [0.1, 0.15) is 33.7 Å². The highest BCUT2D eigenvalue weighted by molar-refractivity contribution is 5.94. The summed E-state index contributed by atoms with van der Waals surface area (Å²) in [5.74, 6) is -0.906. The lowest BCUT2D eigenvalue weighted by molar-refractivity contribution is 0.0688. The van der Waals surface area contributed by atoms with Crippen LogP contribution in [-0.4, -0.2) is 59.3 Å². The van der Waals surface area contributed by atoms with E-state index >= 15 is 0 Å². The molecule has 1 N–H and O–H groups in total. The first kappa shape index (κ1) is 20.7. The Balaban J connectivity index is 1.56. The van der Waals surface area contributed by atoms with Gasteiger partial charge in [-0.15, -0.1) is 0 Å². The molecular formula is C20H23FN4O4. The Kier molecular flexibility index (Phi) is 6.71. The molecule has 1 saturated heterocycles. The minimum atomic E-state index is -0.393. The number of halogens is 1. The first-order valence-electron chi connectivity index (χ1n) is 9.41. The average Bonchev–Trinajstić information content (AvgIpc) is 2.73. The van der Waals surface area contributed by atoms with Crippen molar-refractivity contribution in [2.45, 2.75) is 25.4 Å². The van der Waals surface area contributed by atoms with E-state index in [0.717, 1.165) is 0 Å². The first-order chi connectivity index (χ1) is 14.0. The van der Waals surface area contributed by atoms with Gasteiger partial charge >= 0.3 is 0 Å². The molecule has 2 amide bonds. The van der Waals surface area contributed by atoms with Gasteiger partial charge in [0.15, 0.2) is 0 Å². The van der Waals surface area contributed by atoms with Crippen molar-refractivity contribution < 1.29 is 18.7 Å². The second-order valence-electron chi connectivity index (χ2n) is 6.82. The molecule has 1 fully saturated rings. The molecule has 0 unspecified atom stereocenters. The monoisotopic (exact) mass is 402 g/mol. The van der Waals surface area contributed by atoms with Crippen LogP contribution < -0.4 is 10.9 Å². The molecule has 1 aliphatic heterocycles. The summed E-state index contributed by atoms with van der Waals surface area (Å²) >= 11 is 0. The lowest BCUT2D eigenvalue weighted by Gasteiger charge is -2.32. The van der Waals surface area contributed by atoms with Crippen molar-refractivity contribution in [1.82, 2.24) is 20.0 Å². The molecule has 8 nitrogen and oxygen atoms in total. The van der Waals surface area contributed by atoms with Gasteiger partial charge in [0, 0.05) is 37.9 Å². The summed E-state index contributed by atoms with van der Waals surface area (Å²) in [5.41, 5.74) is 0.308. The molecule has 1 aliphatic rings. The number of carbonyl (C=O) groups is 2. The maximum absolute atomic E-state index is 13.0. The summed E-state index contributed by atoms with van der Waals surface area (Å²) in [6, 6.07) is 8.05. The van der Waals surface area contributed by atoms with Crippen molar-refractivity contribution in [3.8, 4) is 0 Å². The Labute approximate surface area is 167 Å². The number of carbonyl (C=O) groups excluding carboxylic acids is 2. The van der Waals surface area contributed by atoms with Gasteiger partial charge in [-0.05, 0) is 43.2 Å². The van der Waals surface area contributed by atoms with E-state index in [1.807, 2.05) is 0 Å². The Morgan fingerprint density at radius 3 is 2.52 bits per heavy atom. The lowest BCUT2D eigenvalue weighted by atomic mass is 10.0. The van der Waals surface area contributed by atoms with Gasteiger partial charge in [-0.1, -0.05) is 0 Å². The highest BCUT2D eigenvalue weighted by Crippen LogP contribution is 2.14. The van der Waals surface area contributed by atoms with Gasteiger partial charge in [-0.2, -0.15) is 5.10 Å². The molecule has 0 bridgehead atoms. The van der Waals surface area contributed by atoms with Crippen LogP contribution in [0.5, 0.6) is 0 Å². The number of ether oxygens (including phenoxy) is 1. The van der Waals surface area contributed by atoms with E-state index in [4.69, 9.17) is 4.74 Å². The second kappa shape index (κ2) is 9.42. The second-order valence-corrected chi connectivity index (χ2v) is 6.82. The van der Waals surface area contributed by atoms with Crippen LogP contribution in [0.15, 0.2) is 41.2 Å². The molecule has 154 valence electrons. The number of likely N-dealkylation sites (tertiary alicyclic amines) is 1. The number of nitrogens with one attached hydrogen (secondary N) is 1. The first-order valence-corrected chi connectivity index (χ1v) is 9.41. The van der Waals surface area contributed by atoms with Crippen LogP contribution in [0.25, 0.3) is 0 Å². The van der Waals surface area contributed by atoms with Crippen LogP contribution >= 0.6 is 0 Å². The maximum Gasteiger partial charge on any atom is 0.274 e. The standard InChI is InChI=1S/C20H23FN4O4/c1-29-13-12-25-18(26)7-6-17(23-25)20(28)24-10-8-16(9-11-24)22-19(27)14-2-4-15(21)5-3-14/h2-7,16H,8-13H2,1H3,(H,22,27). The van der Waals surface area contributed by atoms with E-state index in [0.29, 0.717) is 38.1 Å². The van der Waals surface area contributed by atoms with E-state index in [9.17, 15) is 18.8 Å². The quantitative estimate of drug-likeness (QED) is 0.780. The molecule has 1 aromatic carbocycles. The summed E-state index contributed by atoms with van der Waals surface area (Å²) < 4.78 is 19.1. The molecule has 29 heavy (non-hydrogen) atoms. The molecule has 0 aliphatic carbocycles. The number of hydrogen-bond donors (Lipinski definition) is 1. The van der Waals surface area contributed by atoms with Gasteiger partial charge in [-0.25, -0.2) is 9.07 Å². The number of rotatable bonds is 6. The number of methoxy groups -OCH3 is 1. The fraction of sp³-hybridized carbons (Fsp3) is 0.400. The predicted molar refractivity (Wildman–Crippen MR) is 103 cm³/mol. The van der Waals surface area contributed by atoms with Crippen LogP contribution in [0.2, 0.25) is 0 Å². The SMILES string of the molecule is COCCn1nc(C(=O)N2CCC(NC(=O)c3ccc(F)cc3)CC2)ccc1=O. The normalized spacial score (nSPS) is 14.6. The lowest BCUT2D eigenvalue weighted by Crippen LogP contribution is -2.47. The summed E-state index contributed by atoms with van der Waals surface area (Å²) in [7, 11) is 1.53. The summed E-state index contributed by atoms with van der Waals surface area (Å²) in [6.45, 7) is 1.52. The molecule has 0 spiro atoms. The number of hydrogen-bond acceptors (Lipinski definition) is 5. The Hall–Kier alpha value is -3.07. The van der Waals surface area contributed by atoms with Crippen molar-refractivity contribution >= 4 is 11.8 Å². The van der Waals surface area contributed by atoms with Gasteiger partial charge in [-0.3, -0.25) is 14.4 Å². The van der Waals surface area contributed by atoms with E-state index in [2.05, 4.69) is 10.4 Å². The molecule has 3 rings (SSSR count). The summed E-state index contributed by atoms with van der Waals surface area (Å²) in [4.78, 5) is 38.4. The zero-order valence-electron chi connectivity index (χ0n) is 16.1. The average molecular weight is 402 g/mol. The van der Waals surface area contributed by atoms with Crippen LogP contribution in [0.4, 0.5) is 4.39 Å². The third kappa shape index (κ3) is 5.26. The minimum Gasteiger partial charge on any atom is -0.383 e. The molecule has 0 radical (unpaired) electrons. The summed E-state index contributed by atoms with van der Waals surface area (Å²) in [5, 5.41) is 7.05. The van der Waals surface area contributed by atoms with Crippen molar-refractivity contribution in [3.05, 3.63) is 63.8 Å². The highest BCUT2D eigenvalue weighted by atomic mass is 19.1. The third-order valence-corrected chi connectivity index (χ3v) is 4.82. The molecule has 2 aromatic rings. The Bertz CT molecular complexity index is 921. The van der Waals surface area contributed by atoms with Gasteiger partial charge in [0.05, 0.1) is 13.2 Å². The Morgan fingerprint density at radius 2 is 1.86 bits per heavy atom. The van der Waals surface area contributed by atoms with Gasteiger partial charge in [0.25, 0.3) is 17.4 Å². The fourth-order valence-electron chi connectivity index (χ4n) is 3.16. The van der Waals surface area contributed by atoms with Crippen LogP contribution in [-0.2, 0) is 11.3 Å². The largest absolute Gasteiger partial charge is 0.383 e. The highest BCUT2D eigenvalue weighted by Gasteiger charge is 2.26. The molecule has 0 atom stereocenters. The van der Waals surface area contributed by atoms with Gasteiger partial charge in [0.2, 0.25) is 0 Å². The van der Waals surface area contributed by atoms with Crippen molar-refractivity contribution in [2.24, 2.45) is 0 Å². The number of benzene rings is 1. The molecule has 9 heteroatoms. The van der Waals surface area contributed by atoms with Crippen LogP contribution in [0.3, 0.4) is 0 Å². The van der Waals surface area contributed by atoms with Crippen LogP contribution in [0, 0.1) is 5.82 Å². The van der Waals surface area contributed by atoms with Crippen molar-refractivity contribution in [3.63, 3.8) is 0 Å².